The lowest BCUT2D eigenvalue weighted by Crippen LogP contribution is -2.24. The summed E-state index contributed by atoms with van der Waals surface area (Å²) in [7, 11) is 1.64. The highest BCUT2D eigenvalue weighted by molar-refractivity contribution is 6.41. The van der Waals surface area contributed by atoms with E-state index in [4.69, 9.17) is 28.3 Å². The molecule has 1 aromatic carbocycles. The van der Waals surface area contributed by atoms with Gasteiger partial charge in [-0.3, -0.25) is 4.79 Å². The fourth-order valence-electron chi connectivity index (χ4n) is 1.80. The van der Waals surface area contributed by atoms with Crippen molar-refractivity contribution in [2.45, 2.75) is 6.54 Å². The summed E-state index contributed by atoms with van der Waals surface area (Å²) in [6, 6.07) is 7.76. The van der Waals surface area contributed by atoms with E-state index in [1.165, 1.54) is 22.8 Å². The van der Waals surface area contributed by atoms with E-state index in [-0.39, 0.29) is 18.0 Å². The number of halogens is 2. The number of nitrogens with one attached hydrogen (secondary N) is 1. The largest absolute Gasteiger partial charge is 0.478 e. The molecule has 0 radical (unpaired) electrons. The second-order valence-corrected chi connectivity index (χ2v) is 5.18. The Morgan fingerprint density at radius 1 is 1.24 bits per heavy atom. The van der Waals surface area contributed by atoms with Gasteiger partial charge >= 0.3 is 5.97 Å². The standard InChI is InChI=1S/C14H12Cl2N2O3/c1-18-11(6-10(15)12(18)16)13(19)17-7-8-2-4-9(5-3-8)14(20)21/h2-6H,7H2,1H3,(H,17,19)(H,20,21). The number of aromatic carboxylic acids is 1. The zero-order chi connectivity index (χ0) is 15.6. The van der Waals surface area contributed by atoms with Gasteiger partial charge in [-0.2, -0.15) is 0 Å². The van der Waals surface area contributed by atoms with Crippen LogP contribution in [0.3, 0.4) is 0 Å². The predicted octanol–water partition coefficient (Wildman–Crippen LogP) is 2.96. The molecule has 2 N–H and O–H groups in total. The summed E-state index contributed by atoms with van der Waals surface area (Å²) in [4.78, 5) is 22.8. The van der Waals surface area contributed by atoms with Gasteiger partial charge in [-0.15, -0.1) is 0 Å². The van der Waals surface area contributed by atoms with Crippen LogP contribution in [0.15, 0.2) is 30.3 Å². The Morgan fingerprint density at radius 2 is 1.86 bits per heavy atom. The quantitative estimate of drug-likeness (QED) is 0.907. The Kier molecular flexibility index (Phi) is 4.55. The molecule has 0 aliphatic carbocycles. The maximum atomic E-state index is 12.0. The number of nitrogens with zero attached hydrogens (tertiary/aromatic N) is 1. The zero-order valence-electron chi connectivity index (χ0n) is 11.1. The lowest BCUT2D eigenvalue weighted by Gasteiger charge is -2.07. The topological polar surface area (TPSA) is 71.3 Å². The lowest BCUT2D eigenvalue weighted by molar-refractivity contribution is 0.0696. The molecule has 0 aliphatic heterocycles. The van der Waals surface area contributed by atoms with Gasteiger partial charge < -0.3 is 15.0 Å². The Hall–Kier alpha value is -1.98. The summed E-state index contributed by atoms with van der Waals surface area (Å²) in [5, 5.41) is 12.1. The Labute approximate surface area is 131 Å². The number of rotatable bonds is 4. The summed E-state index contributed by atoms with van der Waals surface area (Å²) in [5.74, 6) is -1.30. The van der Waals surface area contributed by atoms with Crippen LogP contribution >= 0.6 is 23.2 Å². The van der Waals surface area contributed by atoms with Crippen molar-refractivity contribution in [2.24, 2.45) is 7.05 Å². The van der Waals surface area contributed by atoms with E-state index in [0.717, 1.165) is 5.56 Å². The molecule has 2 rings (SSSR count). The number of aromatic nitrogens is 1. The monoisotopic (exact) mass is 326 g/mol. The van der Waals surface area contributed by atoms with E-state index in [1.807, 2.05) is 0 Å². The summed E-state index contributed by atoms with van der Waals surface area (Å²) in [6.07, 6.45) is 0. The first-order valence-corrected chi connectivity index (χ1v) is 6.77. The van der Waals surface area contributed by atoms with Crippen molar-refractivity contribution < 1.29 is 14.7 Å². The maximum absolute atomic E-state index is 12.0. The van der Waals surface area contributed by atoms with Crippen LogP contribution in [0.4, 0.5) is 0 Å². The normalized spacial score (nSPS) is 10.4. The molecule has 0 spiro atoms. The van der Waals surface area contributed by atoms with E-state index >= 15 is 0 Å². The third-order valence-electron chi connectivity index (χ3n) is 3.00. The van der Waals surface area contributed by atoms with Crippen LogP contribution in [-0.4, -0.2) is 21.6 Å². The van der Waals surface area contributed by atoms with E-state index < -0.39 is 5.97 Å². The van der Waals surface area contributed by atoms with Gasteiger partial charge in [0.2, 0.25) is 0 Å². The van der Waals surface area contributed by atoms with Crippen LogP contribution in [0.25, 0.3) is 0 Å². The van der Waals surface area contributed by atoms with Crippen LogP contribution in [-0.2, 0) is 13.6 Å². The molecule has 0 atom stereocenters. The molecule has 0 bridgehead atoms. The molecule has 0 saturated carbocycles. The third-order valence-corrected chi connectivity index (χ3v) is 3.84. The first-order valence-electron chi connectivity index (χ1n) is 6.01. The van der Waals surface area contributed by atoms with Crippen molar-refractivity contribution in [3.05, 3.63) is 57.3 Å². The summed E-state index contributed by atoms with van der Waals surface area (Å²) < 4.78 is 1.49. The molecular weight excluding hydrogens is 315 g/mol. The first kappa shape index (κ1) is 15.4. The zero-order valence-corrected chi connectivity index (χ0v) is 12.6. The van der Waals surface area contributed by atoms with Crippen molar-refractivity contribution in [3.63, 3.8) is 0 Å². The molecule has 2 aromatic rings. The van der Waals surface area contributed by atoms with Gasteiger partial charge in [-0.1, -0.05) is 35.3 Å². The second kappa shape index (κ2) is 6.20. The number of hydrogen-bond acceptors (Lipinski definition) is 2. The van der Waals surface area contributed by atoms with Gasteiger partial charge in [-0.05, 0) is 23.8 Å². The molecule has 0 saturated heterocycles. The van der Waals surface area contributed by atoms with Crippen LogP contribution in [0.1, 0.15) is 26.4 Å². The second-order valence-electron chi connectivity index (χ2n) is 4.41. The first-order chi connectivity index (χ1) is 9.90. The number of carbonyl (C=O) groups is 2. The minimum absolute atomic E-state index is 0.200. The SMILES string of the molecule is Cn1c(C(=O)NCc2ccc(C(=O)O)cc2)cc(Cl)c1Cl. The van der Waals surface area contributed by atoms with Crippen LogP contribution in [0.2, 0.25) is 10.2 Å². The lowest BCUT2D eigenvalue weighted by atomic mass is 10.1. The van der Waals surface area contributed by atoms with E-state index in [0.29, 0.717) is 15.9 Å². The molecule has 1 heterocycles. The molecule has 21 heavy (non-hydrogen) atoms. The summed E-state index contributed by atoms with van der Waals surface area (Å²) in [6.45, 7) is 0.277. The number of carbonyl (C=O) groups excluding carboxylic acids is 1. The molecule has 0 unspecified atom stereocenters. The molecule has 7 heteroatoms. The highest BCUT2D eigenvalue weighted by Crippen LogP contribution is 2.25. The number of hydrogen-bond donors (Lipinski definition) is 2. The average Bonchev–Trinajstić information content (AvgIpc) is 2.73. The minimum Gasteiger partial charge on any atom is -0.478 e. The molecular formula is C14H12Cl2N2O3. The highest BCUT2D eigenvalue weighted by Gasteiger charge is 2.15. The number of benzene rings is 1. The Bertz CT molecular complexity index is 693. The van der Waals surface area contributed by atoms with Gasteiger partial charge in [0.15, 0.2) is 0 Å². The van der Waals surface area contributed by atoms with E-state index in [9.17, 15) is 9.59 Å². The minimum atomic E-state index is -0.987. The molecule has 1 amide bonds. The highest BCUT2D eigenvalue weighted by atomic mass is 35.5. The molecule has 1 aromatic heterocycles. The Balaban J connectivity index is 2.04. The molecule has 110 valence electrons. The van der Waals surface area contributed by atoms with Crippen LogP contribution in [0, 0.1) is 0 Å². The molecule has 5 nitrogen and oxygen atoms in total. The third kappa shape index (κ3) is 3.37. The van der Waals surface area contributed by atoms with Crippen molar-refractivity contribution in [3.8, 4) is 0 Å². The smallest absolute Gasteiger partial charge is 0.335 e. The van der Waals surface area contributed by atoms with E-state index in [1.54, 1.807) is 19.2 Å². The number of amides is 1. The van der Waals surface area contributed by atoms with Crippen molar-refractivity contribution in [1.29, 1.82) is 0 Å². The summed E-state index contributed by atoms with van der Waals surface area (Å²) >= 11 is 11.8. The fourth-order valence-corrected chi connectivity index (χ4v) is 2.17. The molecule has 0 fully saturated rings. The van der Waals surface area contributed by atoms with Gasteiger partial charge in [0.05, 0.1) is 10.6 Å². The molecule has 0 aliphatic rings. The van der Waals surface area contributed by atoms with Crippen LogP contribution < -0.4 is 5.32 Å². The van der Waals surface area contributed by atoms with Gasteiger partial charge in [-0.25, -0.2) is 4.79 Å². The number of carboxylic acid groups (broad SMARTS) is 1. The predicted molar refractivity (Wildman–Crippen MR) is 80.0 cm³/mol. The van der Waals surface area contributed by atoms with Gasteiger partial charge in [0.1, 0.15) is 10.8 Å². The van der Waals surface area contributed by atoms with Crippen LogP contribution in [0.5, 0.6) is 0 Å². The van der Waals surface area contributed by atoms with Crippen molar-refractivity contribution in [1.82, 2.24) is 9.88 Å². The number of carboxylic acids is 1. The van der Waals surface area contributed by atoms with Gasteiger partial charge in [0, 0.05) is 13.6 Å². The van der Waals surface area contributed by atoms with Gasteiger partial charge in [0.25, 0.3) is 5.91 Å². The van der Waals surface area contributed by atoms with E-state index in [2.05, 4.69) is 5.32 Å². The van der Waals surface area contributed by atoms with Crippen molar-refractivity contribution in [2.75, 3.05) is 0 Å². The maximum Gasteiger partial charge on any atom is 0.335 e. The Morgan fingerprint density at radius 3 is 2.33 bits per heavy atom. The fraction of sp³-hybridized carbons (Fsp3) is 0.143. The average molecular weight is 327 g/mol. The van der Waals surface area contributed by atoms with Crippen molar-refractivity contribution >= 4 is 35.1 Å². The summed E-state index contributed by atoms with van der Waals surface area (Å²) in [5.41, 5.74) is 1.35.